The van der Waals surface area contributed by atoms with Crippen molar-refractivity contribution in [1.29, 1.82) is 0 Å². The van der Waals surface area contributed by atoms with Gasteiger partial charge in [0.1, 0.15) is 16.9 Å². The lowest BCUT2D eigenvalue weighted by Crippen LogP contribution is -2.39. The highest BCUT2D eigenvalue weighted by Crippen LogP contribution is 2.48. The smallest absolute Gasteiger partial charge is 0.248 e. The minimum Gasteiger partial charge on any atom is -0.508 e. The van der Waals surface area contributed by atoms with Crippen LogP contribution in [0.25, 0.3) is 0 Å². The Kier molecular flexibility index (Phi) is 2.61. The molecule has 0 aromatic heterocycles. The normalized spacial score (nSPS) is 24.0. The highest BCUT2D eigenvalue weighted by atomic mass is 16.5. The van der Waals surface area contributed by atoms with Crippen LogP contribution >= 0.6 is 0 Å². The number of hydrogen-bond acceptors (Lipinski definition) is 4. The van der Waals surface area contributed by atoms with Gasteiger partial charge in [0.2, 0.25) is 5.71 Å². The second kappa shape index (κ2) is 4.35. The first-order valence-electron chi connectivity index (χ1n) is 7.41. The average Bonchev–Trinajstić information content (AvgIpc) is 2.93. The van der Waals surface area contributed by atoms with E-state index in [0.717, 1.165) is 21.4 Å². The molecule has 5 heteroatoms. The first-order chi connectivity index (χ1) is 10.9. The summed E-state index contributed by atoms with van der Waals surface area (Å²) in [6.45, 7) is 0. The van der Waals surface area contributed by atoms with Gasteiger partial charge in [-0.1, -0.05) is 0 Å². The van der Waals surface area contributed by atoms with E-state index in [2.05, 4.69) is 0 Å². The van der Waals surface area contributed by atoms with Crippen LogP contribution in [0.1, 0.15) is 27.0 Å². The van der Waals surface area contributed by atoms with E-state index in [4.69, 9.17) is 0 Å². The molecule has 1 atom stereocenters. The van der Waals surface area contributed by atoms with Crippen molar-refractivity contribution in [3.8, 4) is 11.5 Å². The number of fused-ring (bicyclic) bond motifs is 2. The quantitative estimate of drug-likeness (QED) is 0.394. The van der Waals surface area contributed by atoms with E-state index in [-0.39, 0.29) is 17.3 Å². The summed E-state index contributed by atoms with van der Waals surface area (Å²) in [6, 6.07) is 9.68. The van der Waals surface area contributed by atoms with Crippen LogP contribution in [-0.2, 0) is 12.8 Å². The lowest BCUT2D eigenvalue weighted by Gasteiger charge is -2.18. The van der Waals surface area contributed by atoms with E-state index in [1.165, 1.54) is 13.1 Å². The molecule has 0 fully saturated rings. The van der Waals surface area contributed by atoms with E-state index in [1.807, 2.05) is 0 Å². The summed E-state index contributed by atoms with van der Waals surface area (Å²) in [5.74, 6) is 0.209. The van der Waals surface area contributed by atoms with Crippen LogP contribution in [0.5, 0.6) is 11.5 Å². The van der Waals surface area contributed by atoms with Crippen LogP contribution in [0.15, 0.2) is 36.4 Å². The summed E-state index contributed by atoms with van der Waals surface area (Å²) in [6.07, 6.45) is 0.844. The molecule has 3 N–H and O–H groups in total. The van der Waals surface area contributed by atoms with Crippen molar-refractivity contribution in [3.05, 3.63) is 58.7 Å². The minimum absolute atomic E-state index is 0.0564. The number of phenolic OH excluding ortho intramolecular Hbond substituents is 2. The Labute approximate surface area is 132 Å². The Bertz CT molecular complexity index is 892. The van der Waals surface area contributed by atoms with Gasteiger partial charge >= 0.3 is 0 Å². The Balaban J connectivity index is 1.94. The number of hydrogen-bond donors (Lipinski definition) is 3. The van der Waals surface area contributed by atoms with Crippen molar-refractivity contribution < 1.29 is 25.0 Å². The van der Waals surface area contributed by atoms with Gasteiger partial charge in [0.15, 0.2) is 12.8 Å². The molecular weight excluding hydrogens is 294 g/mol. The highest BCUT2D eigenvalue weighted by molar-refractivity contribution is 6.25. The molecule has 0 radical (unpaired) electrons. The fourth-order valence-corrected chi connectivity index (χ4v) is 4.05. The summed E-state index contributed by atoms with van der Waals surface area (Å²) in [7, 11) is 1.51. The van der Waals surface area contributed by atoms with E-state index >= 15 is 0 Å². The molecule has 5 nitrogen and oxygen atoms in total. The van der Waals surface area contributed by atoms with Gasteiger partial charge in [-0.2, -0.15) is 0 Å². The summed E-state index contributed by atoms with van der Waals surface area (Å²) in [5, 5.41) is 29.6. The van der Waals surface area contributed by atoms with Crippen LogP contribution in [0.4, 0.5) is 0 Å². The van der Waals surface area contributed by atoms with Crippen LogP contribution in [0.3, 0.4) is 0 Å². The number of nitrogens with zero attached hydrogens (tertiary/aromatic N) is 1. The number of aromatic hydroxyl groups is 2. The van der Waals surface area contributed by atoms with E-state index in [0.29, 0.717) is 24.1 Å². The molecule has 0 heterocycles. The van der Waals surface area contributed by atoms with Crippen molar-refractivity contribution >= 4 is 11.5 Å². The minimum atomic E-state index is -0.879. The molecule has 4 rings (SSSR count). The molecule has 0 amide bonds. The highest BCUT2D eigenvalue weighted by Gasteiger charge is 2.58. The molecule has 1 spiro atoms. The maximum absolute atomic E-state index is 13.1. The van der Waals surface area contributed by atoms with Gasteiger partial charge in [-0.15, -0.1) is 0 Å². The second-order valence-corrected chi connectivity index (χ2v) is 6.32. The summed E-state index contributed by atoms with van der Waals surface area (Å²) >= 11 is 0. The Morgan fingerprint density at radius 1 is 0.957 bits per heavy atom. The van der Waals surface area contributed by atoms with Gasteiger partial charge in [-0.25, -0.2) is 0 Å². The fourth-order valence-electron chi connectivity index (χ4n) is 4.05. The molecule has 2 aromatic carbocycles. The third kappa shape index (κ3) is 1.73. The molecule has 1 unspecified atom stereocenters. The fraction of sp³-hybridized carbons (Fsp3) is 0.222. The van der Waals surface area contributed by atoms with Crippen LogP contribution in [0, 0.1) is 5.41 Å². The summed E-state index contributed by atoms with van der Waals surface area (Å²) < 4.78 is 1.01. The van der Waals surface area contributed by atoms with Crippen LogP contribution < -0.4 is 0 Å². The maximum Gasteiger partial charge on any atom is 0.248 e. The molecule has 2 aromatic rings. The zero-order valence-corrected chi connectivity index (χ0v) is 12.6. The predicted octanol–water partition coefficient (Wildman–Crippen LogP) is 1.90. The number of benzene rings is 2. The first-order valence-corrected chi connectivity index (χ1v) is 7.41. The summed E-state index contributed by atoms with van der Waals surface area (Å²) in [5.41, 5.74) is 2.65. The van der Waals surface area contributed by atoms with Gasteiger partial charge in [0.05, 0.1) is 5.56 Å². The van der Waals surface area contributed by atoms with Gasteiger partial charge in [-0.3, -0.25) is 10.0 Å². The third-order valence-corrected chi connectivity index (χ3v) is 4.87. The summed E-state index contributed by atoms with van der Waals surface area (Å²) in [4.78, 5) is 13.1. The topological polar surface area (TPSA) is 80.8 Å². The molecule has 116 valence electrons. The lowest BCUT2D eigenvalue weighted by molar-refractivity contribution is -0.755. The monoisotopic (exact) mass is 310 g/mol. The van der Waals surface area contributed by atoms with Crippen molar-refractivity contribution in [2.45, 2.75) is 12.8 Å². The molecule has 23 heavy (non-hydrogen) atoms. The van der Waals surface area contributed by atoms with Gasteiger partial charge < -0.3 is 10.2 Å². The second-order valence-electron chi connectivity index (χ2n) is 6.32. The number of hydroxylamine groups is 1. The van der Waals surface area contributed by atoms with Gasteiger partial charge in [0, 0.05) is 5.56 Å². The number of rotatable bonds is 0. The van der Waals surface area contributed by atoms with E-state index < -0.39 is 5.41 Å². The van der Waals surface area contributed by atoms with Crippen molar-refractivity contribution in [1.82, 2.24) is 0 Å². The van der Waals surface area contributed by atoms with E-state index in [1.54, 1.807) is 30.3 Å². The Hall–Kier alpha value is -2.82. The largest absolute Gasteiger partial charge is 0.508 e. The predicted molar refractivity (Wildman–Crippen MR) is 82.5 cm³/mol. The van der Waals surface area contributed by atoms with Gasteiger partial charge in [0.25, 0.3) is 0 Å². The number of Topliss-reactive ketones (excluding diaryl/α,β-unsaturated/α-hetero) is 1. The molecule has 0 aliphatic heterocycles. The van der Waals surface area contributed by atoms with Crippen molar-refractivity contribution in [2.75, 3.05) is 7.05 Å². The molecule has 2 aliphatic carbocycles. The van der Waals surface area contributed by atoms with Gasteiger partial charge in [-0.05, 0) is 65.1 Å². The Morgan fingerprint density at radius 2 is 1.48 bits per heavy atom. The molecule has 2 aliphatic rings. The SMILES string of the molecule is C[N+](O)=C1c2ccc(O)cc2CC12Cc1cc(O)ccc1C2=O. The molecule has 0 saturated carbocycles. The number of ketones is 1. The number of carbonyl (C=O) groups excluding carboxylic acids is 1. The molecule has 0 bridgehead atoms. The number of carbonyl (C=O) groups is 1. The Morgan fingerprint density at radius 3 is 2.04 bits per heavy atom. The number of phenols is 2. The molecule has 0 saturated heterocycles. The average molecular weight is 310 g/mol. The molecular formula is C18H16NO4+. The van der Waals surface area contributed by atoms with Crippen LogP contribution in [-0.4, -0.2) is 38.7 Å². The first kappa shape index (κ1) is 13.8. The maximum atomic E-state index is 13.1. The zero-order chi connectivity index (χ0) is 16.4. The third-order valence-electron chi connectivity index (χ3n) is 4.87. The van der Waals surface area contributed by atoms with Crippen molar-refractivity contribution in [2.24, 2.45) is 5.41 Å². The van der Waals surface area contributed by atoms with E-state index in [9.17, 15) is 20.2 Å². The lowest BCUT2D eigenvalue weighted by atomic mass is 9.79. The van der Waals surface area contributed by atoms with Crippen molar-refractivity contribution in [3.63, 3.8) is 0 Å². The zero-order valence-electron chi connectivity index (χ0n) is 12.6. The van der Waals surface area contributed by atoms with Crippen LogP contribution in [0.2, 0.25) is 0 Å². The standard InChI is InChI=1S/C18H15NO4/c1-19(23)16-14-4-2-12(20)6-10(14)8-18(16)9-11-7-13(21)3-5-15(11)17(18)22/h2-7,23H,8-9H2,1H3,(H,21,22)/p+1.